The lowest BCUT2D eigenvalue weighted by atomic mass is 10.0. The van der Waals surface area contributed by atoms with E-state index in [1.54, 1.807) is 31.2 Å². The van der Waals surface area contributed by atoms with Gasteiger partial charge in [-0.25, -0.2) is 4.79 Å². The lowest BCUT2D eigenvalue weighted by Crippen LogP contribution is -2.15. The van der Waals surface area contributed by atoms with Gasteiger partial charge in [0.25, 0.3) is 0 Å². The number of rotatable bonds is 6. The highest BCUT2D eigenvalue weighted by atomic mass is 19.1. The first-order valence-electron chi connectivity index (χ1n) is 5.68. The fourth-order valence-electron chi connectivity index (χ4n) is 1.49. The van der Waals surface area contributed by atoms with Crippen molar-refractivity contribution in [2.24, 2.45) is 0 Å². The molecule has 0 amide bonds. The Kier molecular flexibility index (Phi) is 5.63. The minimum atomic E-state index is -1.25. The predicted molar refractivity (Wildman–Crippen MR) is 62.3 cm³/mol. The maximum Gasteiger partial charge on any atom is 0.339 e. The number of esters is 1. The van der Waals surface area contributed by atoms with E-state index >= 15 is 0 Å². The van der Waals surface area contributed by atoms with Crippen molar-refractivity contribution in [1.82, 2.24) is 0 Å². The molecule has 0 aliphatic heterocycles. The Hall–Kier alpha value is -1.42. The van der Waals surface area contributed by atoms with Crippen molar-refractivity contribution in [2.75, 3.05) is 13.3 Å². The smallest absolute Gasteiger partial charge is 0.339 e. The van der Waals surface area contributed by atoms with Crippen molar-refractivity contribution >= 4 is 5.97 Å². The van der Waals surface area contributed by atoms with Crippen LogP contribution in [-0.2, 0) is 16.0 Å². The molecule has 0 heterocycles. The Morgan fingerprint density at radius 2 is 2.06 bits per heavy atom. The summed E-state index contributed by atoms with van der Waals surface area (Å²) < 4.78 is 16.7. The summed E-state index contributed by atoms with van der Waals surface area (Å²) >= 11 is 0. The molecule has 4 heteroatoms. The van der Waals surface area contributed by atoms with Gasteiger partial charge in [0.15, 0.2) is 6.10 Å². The number of halogens is 1. The van der Waals surface area contributed by atoms with Gasteiger partial charge in [0.1, 0.15) is 0 Å². The average molecular weight is 240 g/mol. The maximum atomic E-state index is 12.0. The van der Waals surface area contributed by atoms with Gasteiger partial charge in [-0.2, -0.15) is 0 Å². The molecule has 17 heavy (non-hydrogen) atoms. The Labute approximate surface area is 100 Å². The van der Waals surface area contributed by atoms with E-state index in [0.717, 1.165) is 5.56 Å². The number of aliphatic hydroxyl groups is 1. The third-order valence-corrected chi connectivity index (χ3v) is 2.40. The van der Waals surface area contributed by atoms with Gasteiger partial charge in [0, 0.05) is 0 Å². The molecule has 94 valence electrons. The highest BCUT2D eigenvalue weighted by molar-refractivity contribution is 5.76. The first kappa shape index (κ1) is 13.6. The quantitative estimate of drug-likeness (QED) is 0.775. The van der Waals surface area contributed by atoms with Crippen LogP contribution in [0.1, 0.15) is 30.6 Å². The van der Waals surface area contributed by atoms with Crippen LogP contribution < -0.4 is 0 Å². The van der Waals surface area contributed by atoms with Gasteiger partial charge in [0.05, 0.1) is 13.3 Å². The average Bonchev–Trinajstić information content (AvgIpc) is 2.36. The SMILES string of the molecule is CCOC(=O)C(O)c1ccc(CCCF)cc1. The molecule has 1 rings (SSSR count). The van der Waals surface area contributed by atoms with Gasteiger partial charge in [-0.1, -0.05) is 24.3 Å². The highest BCUT2D eigenvalue weighted by Crippen LogP contribution is 2.16. The molecule has 0 saturated carbocycles. The number of carbonyl (C=O) groups is 1. The molecule has 0 saturated heterocycles. The van der Waals surface area contributed by atoms with E-state index in [0.29, 0.717) is 18.4 Å². The van der Waals surface area contributed by atoms with E-state index in [9.17, 15) is 14.3 Å². The molecule has 1 atom stereocenters. The van der Waals surface area contributed by atoms with Crippen LogP contribution in [0.15, 0.2) is 24.3 Å². The first-order chi connectivity index (χ1) is 8.19. The van der Waals surface area contributed by atoms with Crippen LogP contribution in [0.4, 0.5) is 4.39 Å². The molecule has 0 radical (unpaired) electrons. The zero-order valence-electron chi connectivity index (χ0n) is 9.86. The van der Waals surface area contributed by atoms with Gasteiger partial charge < -0.3 is 9.84 Å². The largest absolute Gasteiger partial charge is 0.464 e. The zero-order chi connectivity index (χ0) is 12.7. The molecule has 1 aromatic carbocycles. The van der Waals surface area contributed by atoms with Crippen molar-refractivity contribution in [1.29, 1.82) is 0 Å². The van der Waals surface area contributed by atoms with Gasteiger partial charge >= 0.3 is 5.97 Å². The predicted octanol–water partition coefficient (Wildman–Crippen LogP) is 2.19. The van der Waals surface area contributed by atoms with Crippen molar-refractivity contribution in [3.05, 3.63) is 35.4 Å². The Bertz CT molecular complexity index is 348. The number of ether oxygens (including phenoxy) is 1. The van der Waals surface area contributed by atoms with E-state index in [-0.39, 0.29) is 13.3 Å². The second-order valence-corrected chi connectivity index (χ2v) is 3.69. The summed E-state index contributed by atoms with van der Waals surface area (Å²) in [6.45, 7) is 1.59. The summed E-state index contributed by atoms with van der Waals surface area (Å²) in [7, 11) is 0. The minimum Gasteiger partial charge on any atom is -0.464 e. The van der Waals surface area contributed by atoms with Crippen molar-refractivity contribution in [2.45, 2.75) is 25.9 Å². The molecule has 0 spiro atoms. The summed E-state index contributed by atoms with van der Waals surface area (Å²) in [6.07, 6.45) is -0.100. The standard InChI is InChI=1S/C13H17FO3/c1-2-17-13(16)12(15)11-7-5-10(6-8-11)4-3-9-14/h5-8,12,15H,2-4,9H2,1H3. The molecule has 3 nitrogen and oxygen atoms in total. The van der Waals surface area contributed by atoms with E-state index in [1.807, 2.05) is 0 Å². The third-order valence-electron chi connectivity index (χ3n) is 2.40. The van der Waals surface area contributed by atoms with Crippen LogP contribution >= 0.6 is 0 Å². The molecular formula is C13H17FO3. The maximum absolute atomic E-state index is 12.0. The van der Waals surface area contributed by atoms with Crippen LogP contribution in [0.25, 0.3) is 0 Å². The summed E-state index contributed by atoms with van der Waals surface area (Å²) in [5.74, 6) is -0.649. The third kappa shape index (κ3) is 4.15. The molecule has 0 aliphatic rings. The summed E-state index contributed by atoms with van der Waals surface area (Å²) in [6, 6.07) is 6.89. The number of hydrogen-bond donors (Lipinski definition) is 1. The monoisotopic (exact) mass is 240 g/mol. The molecule has 0 aliphatic carbocycles. The van der Waals surface area contributed by atoms with Gasteiger partial charge in [-0.05, 0) is 30.9 Å². The lowest BCUT2D eigenvalue weighted by molar-refractivity contribution is -0.153. The minimum absolute atomic E-state index is 0.241. The van der Waals surface area contributed by atoms with E-state index in [1.165, 1.54) is 0 Å². The number of hydrogen-bond acceptors (Lipinski definition) is 3. The van der Waals surface area contributed by atoms with Crippen LogP contribution in [0.3, 0.4) is 0 Å². The molecule has 1 N–H and O–H groups in total. The fraction of sp³-hybridized carbons (Fsp3) is 0.462. The summed E-state index contributed by atoms with van der Waals surface area (Å²) in [5, 5.41) is 9.65. The van der Waals surface area contributed by atoms with Crippen molar-refractivity contribution in [3.63, 3.8) is 0 Å². The zero-order valence-corrected chi connectivity index (χ0v) is 9.86. The van der Waals surface area contributed by atoms with Gasteiger partial charge in [-0.3, -0.25) is 4.39 Å². The Morgan fingerprint density at radius 1 is 1.41 bits per heavy atom. The topological polar surface area (TPSA) is 46.5 Å². The van der Waals surface area contributed by atoms with E-state index < -0.39 is 12.1 Å². The highest BCUT2D eigenvalue weighted by Gasteiger charge is 2.17. The molecule has 1 unspecified atom stereocenters. The number of aryl methyl sites for hydroxylation is 1. The first-order valence-corrected chi connectivity index (χ1v) is 5.68. The van der Waals surface area contributed by atoms with Crippen LogP contribution in [-0.4, -0.2) is 24.4 Å². The second kappa shape index (κ2) is 7.01. The van der Waals surface area contributed by atoms with Gasteiger partial charge in [-0.15, -0.1) is 0 Å². The van der Waals surface area contributed by atoms with Gasteiger partial charge in [0.2, 0.25) is 0 Å². The number of aliphatic hydroxyl groups excluding tert-OH is 1. The number of benzene rings is 1. The Balaban J connectivity index is 2.63. The molecular weight excluding hydrogens is 223 g/mol. The van der Waals surface area contributed by atoms with Crippen molar-refractivity contribution < 1.29 is 19.0 Å². The fourth-order valence-corrected chi connectivity index (χ4v) is 1.49. The molecule has 0 bridgehead atoms. The summed E-state index contributed by atoms with van der Waals surface area (Å²) in [4.78, 5) is 11.3. The number of carbonyl (C=O) groups excluding carboxylic acids is 1. The van der Waals surface area contributed by atoms with Crippen LogP contribution in [0, 0.1) is 0 Å². The molecule has 0 fully saturated rings. The number of alkyl halides is 1. The second-order valence-electron chi connectivity index (χ2n) is 3.69. The summed E-state index contributed by atoms with van der Waals surface area (Å²) in [5.41, 5.74) is 1.48. The Morgan fingerprint density at radius 3 is 2.59 bits per heavy atom. The van der Waals surface area contributed by atoms with Crippen LogP contribution in [0.2, 0.25) is 0 Å². The molecule has 1 aromatic rings. The van der Waals surface area contributed by atoms with E-state index in [4.69, 9.17) is 4.74 Å². The van der Waals surface area contributed by atoms with Crippen LogP contribution in [0.5, 0.6) is 0 Å². The van der Waals surface area contributed by atoms with Crippen molar-refractivity contribution in [3.8, 4) is 0 Å². The van der Waals surface area contributed by atoms with E-state index in [2.05, 4.69) is 0 Å². The lowest BCUT2D eigenvalue weighted by Gasteiger charge is -2.10. The normalized spacial score (nSPS) is 12.2. The molecule has 0 aromatic heterocycles.